The number of hydrogen-bond donors (Lipinski definition) is 0. The van der Waals surface area contributed by atoms with E-state index in [1.54, 1.807) is 0 Å². The van der Waals surface area contributed by atoms with Crippen LogP contribution in [0.4, 0.5) is 5.69 Å². The van der Waals surface area contributed by atoms with Gasteiger partial charge < -0.3 is 4.74 Å². The Labute approximate surface area is 124 Å². The predicted molar refractivity (Wildman–Crippen MR) is 84.1 cm³/mol. The molecule has 1 aliphatic rings. The second kappa shape index (κ2) is 4.92. The highest BCUT2D eigenvalue weighted by Crippen LogP contribution is 2.43. The third kappa shape index (κ3) is 2.00. The normalized spacial score (nSPS) is 16.1. The highest BCUT2D eigenvalue weighted by Gasteiger charge is 2.49. The lowest BCUT2D eigenvalue weighted by Crippen LogP contribution is -2.28. The van der Waals surface area contributed by atoms with E-state index in [1.165, 1.54) is 16.3 Å². The second-order valence-corrected chi connectivity index (χ2v) is 5.87. The number of rotatable bonds is 4. The molecule has 3 rings (SSSR count). The summed E-state index contributed by atoms with van der Waals surface area (Å²) in [7, 11) is 0. The van der Waals surface area contributed by atoms with Crippen molar-refractivity contribution in [3.63, 3.8) is 0 Å². The molecular weight excluding hydrogens is 262 g/mol. The molecule has 1 aliphatic heterocycles. The first-order chi connectivity index (χ1) is 10.1. The van der Waals surface area contributed by atoms with Gasteiger partial charge >= 0.3 is 5.71 Å². The monoisotopic (exact) mass is 281 g/mol. The Morgan fingerprint density at radius 3 is 2.76 bits per heavy atom. The summed E-state index contributed by atoms with van der Waals surface area (Å²) in [6.07, 6.45) is 0. The summed E-state index contributed by atoms with van der Waals surface area (Å²) in [5.41, 5.74) is 3.38. The van der Waals surface area contributed by atoms with Gasteiger partial charge in [-0.1, -0.05) is 24.3 Å². The maximum Gasteiger partial charge on any atom is 0.341 e. The van der Waals surface area contributed by atoms with Gasteiger partial charge in [-0.05, 0) is 30.7 Å². The van der Waals surface area contributed by atoms with E-state index in [2.05, 4.69) is 61.7 Å². The minimum absolute atomic E-state index is 0.128. The Morgan fingerprint density at radius 1 is 1.24 bits per heavy atom. The number of fused-ring (bicyclic) bond motifs is 3. The molecule has 0 amide bonds. The summed E-state index contributed by atoms with van der Waals surface area (Å²) >= 11 is 0. The minimum atomic E-state index is -0.128. The zero-order valence-corrected chi connectivity index (χ0v) is 12.4. The first-order valence-corrected chi connectivity index (χ1v) is 7.12. The highest BCUT2D eigenvalue weighted by atomic mass is 16.5. The van der Waals surface area contributed by atoms with Crippen LogP contribution in [0.25, 0.3) is 10.8 Å². The van der Waals surface area contributed by atoms with Crippen LogP contribution in [-0.4, -0.2) is 29.9 Å². The maximum absolute atomic E-state index is 10.3. The lowest BCUT2D eigenvalue weighted by atomic mass is 9.80. The molecule has 0 N–H and O–H groups in total. The summed E-state index contributed by atoms with van der Waals surface area (Å²) in [4.78, 5) is 10.3. The summed E-state index contributed by atoms with van der Waals surface area (Å²) in [5, 5.41) is 2.50. The number of benzene rings is 2. The maximum atomic E-state index is 10.3. The van der Waals surface area contributed by atoms with Crippen LogP contribution in [-0.2, 0) is 14.9 Å². The smallest absolute Gasteiger partial charge is 0.341 e. The van der Waals surface area contributed by atoms with Crippen LogP contribution in [0.15, 0.2) is 36.4 Å². The average molecular weight is 281 g/mol. The summed E-state index contributed by atoms with van der Waals surface area (Å²) < 4.78 is 7.01. The van der Waals surface area contributed by atoms with E-state index >= 15 is 0 Å². The molecule has 0 radical (unpaired) electrons. The fraction of sp³-hybridized carbons (Fsp3) is 0.278. The van der Waals surface area contributed by atoms with Crippen molar-refractivity contribution in [1.82, 2.24) is 0 Å². The van der Waals surface area contributed by atoms with Gasteiger partial charge in [0.1, 0.15) is 5.41 Å². The lowest BCUT2D eigenvalue weighted by molar-refractivity contribution is -0.440. The van der Waals surface area contributed by atoms with Crippen molar-refractivity contribution in [2.24, 2.45) is 0 Å². The van der Waals surface area contributed by atoms with Crippen LogP contribution in [0.5, 0.6) is 0 Å². The first kappa shape index (κ1) is 13.7. The van der Waals surface area contributed by atoms with Crippen LogP contribution < -0.4 is 0 Å². The summed E-state index contributed by atoms with van der Waals surface area (Å²) in [6, 6.07) is 12.7. The molecule has 0 unspecified atom stereocenters. The zero-order chi connectivity index (χ0) is 15.0. The predicted octanol–water partition coefficient (Wildman–Crippen LogP) is 3.22. The fourth-order valence-electron chi connectivity index (χ4n) is 3.22. The zero-order valence-electron chi connectivity index (χ0n) is 12.4. The Bertz CT molecular complexity index is 744. The fourth-order valence-corrected chi connectivity index (χ4v) is 3.22. The van der Waals surface area contributed by atoms with Gasteiger partial charge in [0.2, 0.25) is 5.69 Å². The number of ether oxygens (including phenoxy) is 1. The van der Waals surface area contributed by atoms with E-state index in [9.17, 15) is 4.79 Å². The topological polar surface area (TPSA) is 29.3 Å². The molecule has 0 aromatic heterocycles. The molecule has 0 saturated heterocycles. The van der Waals surface area contributed by atoms with Crippen molar-refractivity contribution in [3.8, 4) is 0 Å². The molecule has 21 heavy (non-hydrogen) atoms. The van der Waals surface area contributed by atoms with Gasteiger partial charge in [0, 0.05) is 6.07 Å². The molecule has 3 heteroatoms. The molecule has 1 heterocycles. The summed E-state index contributed by atoms with van der Waals surface area (Å²) in [5.74, 6) is 0. The minimum Gasteiger partial charge on any atom is -0.461 e. The number of carbonyl (C=O) groups excluding carboxylic acids is 1. The van der Waals surface area contributed by atoms with Gasteiger partial charge in [0.25, 0.3) is 6.47 Å². The van der Waals surface area contributed by atoms with Gasteiger partial charge in [-0.2, -0.15) is 4.58 Å². The Morgan fingerprint density at radius 2 is 2.00 bits per heavy atom. The van der Waals surface area contributed by atoms with Crippen molar-refractivity contribution < 1.29 is 14.1 Å². The van der Waals surface area contributed by atoms with Crippen molar-refractivity contribution >= 4 is 28.6 Å². The molecule has 0 aliphatic carbocycles. The van der Waals surface area contributed by atoms with Gasteiger partial charge in [0.15, 0.2) is 20.1 Å². The van der Waals surface area contributed by atoms with E-state index in [0.717, 1.165) is 11.4 Å². The van der Waals surface area contributed by atoms with Gasteiger partial charge in [-0.25, -0.2) is 0 Å². The standard InChI is InChI=1S/C18H19NO2/c1-13-18(2,3)17-15-7-5-4-6-14(15)8-9-16(17)19(13)10-11-21-12-20/h4-9,12H,1,10-11H2,2-3H3/q+2. The molecule has 106 valence electrons. The number of hydrogen-bond acceptors (Lipinski definition) is 2. The SMILES string of the molecule is [CH2+]C1=[N+](CCOC=O)c2ccc3ccccc3c2C1(C)C. The molecule has 0 atom stereocenters. The molecular formula is C18H19NO2+2. The van der Waals surface area contributed by atoms with Crippen LogP contribution in [0.1, 0.15) is 19.4 Å². The van der Waals surface area contributed by atoms with E-state index in [1.807, 2.05) is 0 Å². The number of nitrogens with zero attached hydrogens (tertiary/aromatic N) is 1. The van der Waals surface area contributed by atoms with Crippen molar-refractivity contribution in [1.29, 1.82) is 0 Å². The van der Waals surface area contributed by atoms with Gasteiger partial charge in [-0.15, -0.1) is 0 Å². The van der Waals surface area contributed by atoms with Crippen LogP contribution >= 0.6 is 0 Å². The molecule has 0 saturated carbocycles. The van der Waals surface area contributed by atoms with Crippen molar-refractivity contribution in [3.05, 3.63) is 48.9 Å². The number of carbonyl (C=O) groups is 1. The van der Waals surface area contributed by atoms with Crippen molar-refractivity contribution in [2.45, 2.75) is 19.3 Å². The Balaban J connectivity index is 2.17. The van der Waals surface area contributed by atoms with Gasteiger partial charge in [0.05, 0.1) is 5.56 Å². The van der Waals surface area contributed by atoms with E-state index < -0.39 is 0 Å². The second-order valence-electron chi connectivity index (χ2n) is 5.87. The molecule has 0 bridgehead atoms. The Hall–Kier alpha value is -2.29. The molecule has 0 spiro atoms. The van der Waals surface area contributed by atoms with Crippen LogP contribution in [0, 0.1) is 6.92 Å². The largest absolute Gasteiger partial charge is 0.461 e. The molecule has 3 nitrogen and oxygen atoms in total. The van der Waals surface area contributed by atoms with Crippen molar-refractivity contribution in [2.75, 3.05) is 13.2 Å². The summed E-state index contributed by atoms with van der Waals surface area (Å²) in [6.45, 7) is 10.2. The van der Waals surface area contributed by atoms with E-state index in [-0.39, 0.29) is 5.41 Å². The van der Waals surface area contributed by atoms with E-state index in [4.69, 9.17) is 4.74 Å². The third-order valence-corrected chi connectivity index (χ3v) is 4.37. The highest BCUT2D eigenvalue weighted by molar-refractivity contribution is 6.04. The molecule has 0 fully saturated rings. The van der Waals surface area contributed by atoms with Crippen LogP contribution in [0.3, 0.4) is 0 Å². The molecule has 2 aromatic carbocycles. The molecule has 2 aromatic rings. The van der Waals surface area contributed by atoms with Crippen LogP contribution in [0.2, 0.25) is 0 Å². The lowest BCUT2D eigenvalue weighted by Gasteiger charge is -2.13. The third-order valence-electron chi connectivity index (χ3n) is 4.37. The Kier molecular flexibility index (Phi) is 3.20. The quantitative estimate of drug-likeness (QED) is 0.373. The average Bonchev–Trinajstić information content (AvgIpc) is 2.68. The van der Waals surface area contributed by atoms with Gasteiger partial charge in [-0.3, -0.25) is 4.79 Å². The van der Waals surface area contributed by atoms with E-state index in [0.29, 0.717) is 19.6 Å². The first-order valence-electron chi connectivity index (χ1n) is 7.12.